The van der Waals surface area contributed by atoms with Gasteiger partial charge in [0, 0.05) is 43.4 Å². The molecule has 7 aromatic carbocycles. The zero-order valence-electron chi connectivity index (χ0n) is 36.1. The van der Waals surface area contributed by atoms with E-state index in [-0.39, 0.29) is 47.5 Å². The number of nitrogens with zero attached hydrogens (tertiary/aromatic N) is 2. The van der Waals surface area contributed by atoms with Crippen molar-refractivity contribution in [3.8, 4) is 45.5 Å². The van der Waals surface area contributed by atoms with Gasteiger partial charge in [0.05, 0.1) is 11.9 Å². The van der Waals surface area contributed by atoms with Crippen LogP contribution in [-0.4, -0.2) is 32.3 Å². The normalized spacial score (nSPS) is 16.6. The molecule has 8 aromatic rings. The number of rotatable bonds is 7. The zero-order valence-corrected chi connectivity index (χ0v) is 40.7. The second-order valence-corrected chi connectivity index (χ2v) is 18.6. The first-order chi connectivity index (χ1) is 31.3. The van der Waals surface area contributed by atoms with Crippen LogP contribution in [0, 0.1) is 0 Å². The summed E-state index contributed by atoms with van der Waals surface area (Å²) in [6.07, 6.45) is 0. The first kappa shape index (κ1) is 47.1. The van der Waals surface area contributed by atoms with Crippen molar-refractivity contribution in [1.29, 1.82) is 0 Å². The minimum atomic E-state index is -1.49. The Bertz CT molecular complexity index is 2810. The number of fused-ring (bicyclic) bond motifs is 2. The third-order valence-corrected chi connectivity index (χ3v) is 13.5. The number of benzene rings is 7. The molecule has 326 valence electrons. The topological polar surface area (TPSA) is 184 Å². The SMILES string of the molecule is CC(C)(C)c1ccc(-c2nnc(-c3ccc(-c4ccccc4)cc3)o2)cc1.O=C([O-])C1(c2ccccc2O)Nc2ccccc2S1.O=C([O-])C1(c2ccccc2O)Nc2ccccc2S1.[Zn+2]. The number of aliphatic carboxylic acids is 2. The number of carboxylic acids is 2. The predicted molar refractivity (Wildman–Crippen MR) is 251 cm³/mol. The van der Waals surface area contributed by atoms with Crippen molar-refractivity contribution >= 4 is 46.8 Å². The molecule has 2 unspecified atom stereocenters. The first-order valence-electron chi connectivity index (χ1n) is 20.5. The van der Waals surface area contributed by atoms with Crippen molar-refractivity contribution < 1.29 is 53.9 Å². The molecule has 0 spiro atoms. The van der Waals surface area contributed by atoms with Gasteiger partial charge in [-0.05, 0) is 82.8 Å². The largest absolute Gasteiger partial charge is 2.00 e. The Morgan fingerprint density at radius 3 is 1.29 bits per heavy atom. The van der Waals surface area contributed by atoms with E-state index in [4.69, 9.17) is 4.42 Å². The van der Waals surface area contributed by atoms with Crippen molar-refractivity contribution in [3.05, 3.63) is 193 Å². The van der Waals surface area contributed by atoms with Gasteiger partial charge in [0.1, 0.15) is 11.5 Å². The molecular formula is C52H42N4O7S2Zn. The van der Waals surface area contributed by atoms with E-state index in [1.165, 1.54) is 23.3 Å². The average molecular weight is 964 g/mol. The van der Waals surface area contributed by atoms with Gasteiger partial charge in [0.15, 0.2) is 9.74 Å². The third kappa shape index (κ3) is 9.72. The van der Waals surface area contributed by atoms with Crippen LogP contribution in [0.3, 0.4) is 0 Å². The molecule has 0 fully saturated rings. The number of phenolic OH excluding ortho intramolecular Hbond substituents is 2. The number of carbonyl (C=O) groups is 2. The molecule has 2 atom stereocenters. The molecule has 1 aromatic heterocycles. The maximum atomic E-state index is 11.6. The number of thioether (sulfide) groups is 2. The molecular weight excluding hydrogens is 922 g/mol. The van der Waals surface area contributed by atoms with Gasteiger partial charge in [-0.25, -0.2) is 0 Å². The smallest absolute Gasteiger partial charge is 0.546 e. The average Bonchev–Trinajstić information content (AvgIpc) is 4.07. The summed E-state index contributed by atoms with van der Waals surface area (Å²) in [5.41, 5.74) is 7.63. The minimum absolute atomic E-state index is 0. The van der Waals surface area contributed by atoms with E-state index in [9.17, 15) is 30.0 Å². The number of para-hydroxylation sites is 4. The van der Waals surface area contributed by atoms with Gasteiger partial charge in [0.25, 0.3) is 0 Å². The molecule has 11 nitrogen and oxygen atoms in total. The van der Waals surface area contributed by atoms with Crippen molar-refractivity contribution in [2.24, 2.45) is 0 Å². The molecule has 14 heteroatoms. The van der Waals surface area contributed by atoms with E-state index < -0.39 is 21.7 Å². The molecule has 0 radical (unpaired) electrons. The summed E-state index contributed by atoms with van der Waals surface area (Å²) >= 11 is 2.25. The molecule has 2 aliphatic heterocycles. The number of anilines is 2. The number of nitrogens with one attached hydrogen (secondary N) is 2. The van der Waals surface area contributed by atoms with Crippen LogP contribution >= 0.6 is 23.5 Å². The van der Waals surface area contributed by atoms with Crippen LogP contribution in [-0.2, 0) is 44.2 Å². The number of hydrogen-bond donors (Lipinski definition) is 4. The van der Waals surface area contributed by atoms with Crippen molar-refractivity contribution in [3.63, 3.8) is 0 Å². The van der Waals surface area contributed by atoms with E-state index in [1.807, 2.05) is 78.9 Å². The molecule has 0 saturated carbocycles. The maximum Gasteiger partial charge on any atom is 2.00 e. The van der Waals surface area contributed by atoms with Gasteiger partial charge in [0.2, 0.25) is 11.8 Å². The second-order valence-electron chi connectivity index (χ2n) is 16.1. The van der Waals surface area contributed by atoms with Crippen LogP contribution in [0.2, 0.25) is 0 Å². The molecule has 10 rings (SSSR count). The van der Waals surface area contributed by atoms with E-state index in [0.29, 0.717) is 11.8 Å². The fraction of sp³-hybridized carbons (Fsp3) is 0.115. The first-order valence-corrected chi connectivity index (χ1v) is 22.1. The number of carbonyl (C=O) groups excluding carboxylic acids is 2. The van der Waals surface area contributed by atoms with Crippen molar-refractivity contribution in [2.75, 3.05) is 10.6 Å². The summed E-state index contributed by atoms with van der Waals surface area (Å²) in [6, 6.07) is 54.1. The van der Waals surface area contributed by atoms with Crippen LogP contribution in [0.1, 0.15) is 37.5 Å². The van der Waals surface area contributed by atoms with Gasteiger partial charge in [-0.3, -0.25) is 0 Å². The monoisotopic (exact) mass is 962 g/mol. The number of aromatic hydroxyl groups is 2. The van der Waals surface area contributed by atoms with Crippen LogP contribution in [0.25, 0.3) is 34.0 Å². The molecule has 0 bridgehead atoms. The minimum Gasteiger partial charge on any atom is -0.546 e. The Labute approximate surface area is 403 Å². The Hall–Kier alpha value is -6.86. The summed E-state index contributed by atoms with van der Waals surface area (Å²) in [5.74, 6) is -1.63. The molecule has 0 aliphatic carbocycles. The van der Waals surface area contributed by atoms with Gasteiger partial charge < -0.3 is 45.1 Å². The standard InChI is InChI=1S/C24H22N2O.2C14H11NO3S.Zn/c1-24(2,3)21-15-13-20(14-16-21)23-26-25-22(27-23)19-11-9-18(10-12-19)17-7-5-4-6-8-17;2*16-11-7-3-1-5-9(11)14(13(17)18)15-10-6-2-4-8-12(10)19-14;/h4-16H,1-3H3;2*1-8,15-16H,(H,17,18);/q;;;+2/p-2. The number of phenols is 2. The quantitative estimate of drug-likeness (QED) is 0.111. The fourth-order valence-corrected chi connectivity index (χ4v) is 9.74. The van der Waals surface area contributed by atoms with Crippen LogP contribution in [0.4, 0.5) is 11.4 Å². The van der Waals surface area contributed by atoms with E-state index in [1.54, 1.807) is 48.5 Å². The van der Waals surface area contributed by atoms with E-state index >= 15 is 0 Å². The van der Waals surface area contributed by atoms with Crippen LogP contribution in [0.15, 0.2) is 190 Å². The van der Waals surface area contributed by atoms with Gasteiger partial charge in [-0.1, -0.05) is 160 Å². The van der Waals surface area contributed by atoms with Crippen molar-refractivity contribution in [2.45, 2.75) is 45.7 Å². The van der Waals surface area contributed by atoms with E-state index in [0.717, 1.165) is 61.4 Å². The zero-order chi connectivity index (χ0) is 45.8. The third-order valence-electron chi connectivity index (χ3n) is 10.7. The number of aromatic nitrogens is 2. The molecule has 2 aliphatic rings. The van der Waals surface area contributed by atoms with E-state index in [2.05, 4.69) is 78.0 Å². The molecule has 0 saturated heterocycles. The molecule has 66 heavy (non-hydrogen) atoms. The summed E-state index contributed by atoms with van der Waals surface area (Å²) < 4.78 is 5.90. The Morgan fingerprint density at radius 2 is 0.879 bits per heavy atom. The summed E-state index contributed by atoms with van der Waals surface area (Å²) in [6.45, 7) is 6.60. The molecule has 0 amide bonds. The summed E-state index contributed by atoms with van der Waals surface area (Å²) in [4.78, 5) is 21.9. The van der Waals surface area contributed by atoms with Gasteiger partial charge >= 0.3 is 19.5 Å². The van der Waals surface area contributed by atoms with Gasteiger partial charge in [-0.15, -0.1) is 10.2 Å². The van der Waals surface area contributed by atoms with Gasteiger partial charge in [-0.2, -0.15) is 0 Å². The van der Waals surface area contributed by atoms with Crippen LogP contribution in [0.5, 0.6) is 11.5 Å². The number of carboxylic acid groups (broad SMARTS) is 2. The Morgan fingerprint density at radius 1 is 0.515 bits per heavy atom. The second kappa shape index (κ2) is 19.7. The summed E-state index contributed by atoms with van der Waals surface area (Å²) in [7, 11) is 0. The number of hydrogen-bond acceptors (Lipinski definition) is 13. The van der Waals surface area contributed by atoms with Crippen LogP contribution < -0.4 is 20.8 Å². The Kier molecular flexibility index (Phi) is 14.1. The molecule has 3 heterocycles. The van der Waals surface area contributed by atoms with Crippen molar-refractivity contribution in [1.82, 2.24) is 10.2 Å². The molecule has 4 N–H and O–H groups in total. The fourth-order valence-electron chi connectivity index (χ4n) is 7.28. The maximum absolute atomic E-state index is 11.6. The Balaban J connectivity index is 0.000000150. The summed E-state index contributed by atoms with van der Waals surface area (Å²) in [5, 5.41) is 57.4. The predicted octanol–water partition coefficient (Wildman–Crippen LogP) is 9.39.